The molecule has 0 spiro atoms. The molecule has 10 heteroatoms. The Morgan fingerprint density at radius 3 is 2.57 bits per heavy atom. The van der Waals surface area contributed by atoms with Gasteiger partial charge in [0.2, 0.25) is 5.88 Å². The molecule has 1 aromatic carbocycles. The van der Waals surface area contributed by atoms with Crippen LogP contribution >= 0.6 is 0 Å². The minimum atomic E-state index is -1.26. The first-order valence-corrected chi connectivity index (χ1v) is 9.10. The summed E-state index contributed by atoms with van der Waals surface area (Å²) < 4.78 is 5.61. The fraction of sp³-hybridized carbons (Fsp3) is 0.250. The number of aliphatic hydroxyl groups excluding tert-OH is 1. The molecule has 1 aromatic heterocycles. The number of hydrogen-bond acceptors (Lipinski definition) is 7. The number of carboxylic acids is 1. The number of rotatable bonds is 7. The molecular formula is C20H20N4O6. The van der Waals surface area contributed by atoms with Crippen LogP contribution in [-0.4, -0.2) is 56.0 Å². The molecule has 2 amide bonds. The van der Waals surface area contributed by atoms with Crippen LogP contribution in [0.2, 0.25) is 0 Å². The number of carboxylic acid groups (broad SMARTS) is 1. The Kier molecular flexibility index (Phi) is 6.26. The first-order chi connectivity index (χ1) is 14.3. The number of aliphatic hydroxyl groups is 1. The molecule has 0 saturated carbocycles. The predicted molar refractivity (Wildman–Crippen MR) is 104 cm³/mol. The van der Waals surface area contributed by atoms with E-state index in [-0.39, 0.29) is 25.3 Å². The number of benzene rings is 1. The minimum absolute atomic E-state index is 0.0691. The van der Waals surface area contributed by atoms with E-state index < -0.39 is 29.9 Å². The molecule has 2 heterocycles. The molecule has 0 saturated heterocycles. The van der Waals surface area contributed by atoms with Gasteiger partial charge < -0.3 is 25.2 Å². The van der Waals surface area contributed by atoms with E-state index in [2.05, 4.69) is 15.3 Å². The van der Waals surface area contributed by atoms with Crippen LogP contribution in [0.4, 0.5) is 0 Å². The molecule has 2 aromatic rings. The number of hydrogen-bond donors (Lipinski definition) is 3. The maximum absolute atomic E-state index is 12.6. The second kappa shape index (κ2) is 9.03. The van der Waals surface area contributed by atoms with Crippen molar-refractivity contribution in [1.82, 2.24) is 20.2 Å². The van der Waals surface area contributed by atoms with Gasteiger partial charge in [0.15, 0.2) is 0 Å². The summed E-state index contributed by atoms with van der Waals surface area (Å²) in [7, 11) is 0. The van der Waals surface area contributed by atoms with Gasteiger partial charge in [-0.1, -0.05) is 17.7 Å². The van der Waals surface area contributed by atoms with Crippen molar-refractivity contribution < 1.29 is 29.3 Å². The Bertz CT molecular complexity index is 985. The topological polar surface area (TPSA) is 142 Å². The molecule has 0 radical (unpaired) electrons. The summed E-state index contributed by atoms with van der Waals surface area (Å²) in [5.74, 6) is -2.36. The second-order valence-electron chi connectivity index (χ2n) is 6.64. The van der Waals surface area contributed by atoms with Crippen molar-refractivity contribution in [1.29, 1.82) is 0 Å². The average molecular weight is 412 g/mol. The maximum Gasteiger partial charge on any atom is 0.322 e. The van der Waals surface area contributed by atoms with Gasteiger partial charge in [0.05, 0.1) is 24.6 Å². The lowest BCUT2D eigenvalue weighted by Crippen LogP contribution is -2.43. The zero-order chi connectivity index (χ0) is 21.7. The molecule has 1 aliphatic heterocycles. The van der Waals surface area contributed by atoms with Gasteiger partial charge in [0.1, 0.15) is 23.6 Å². The SMILES string of the molecule is Cc1ccc(Oc2cnc(CN3CCC(O)=C(C(=O)NCC(=O)O)C3=O)cn2)cc1. The number of amides is 2. The van der Waals surface area contributed by atoms with Crippen molar-refractivity contribution in [2.24, 2.45) is 0 Å². The van der Waals surface area contributed by atoms with E-state index in [1.165, 1.54) is 17.3 Å². The highest BCUT2D eigenvalue weighted by Crippen LogP contribution is 2.21. The van der Waals surface area contributed by atoms with Crippen LogP contribution in [0.15, 0.2) is 48.0 Å². The molecule has 0 aliphatic carbocycles. The monoisotopic (exact) mass is 412 g/mol. The van der Waals surface area contributed by atoms with Crippen molar-refractivity contribution in [2.75, 3.05) is 13.1 Å². The van der Waals surface area contributed by atoms with Gasteiger partial charge in [-0.3, -0.25) is 19.4 Å². The Hall–Kier alpha value is -3.95. The molecular weight excluding hydrogens is 392 g/mol. The first-order valence-electron chi connectivity index (χ1n) is 9.10. The van der Waals surface area contributed by atoms with Crippen LogP contribution < -0.4 is 10.1 Å². The largest absolute Gasteiger partial charge is 0.511 e. The van der Waals surface area contributed by atoms with Gasteiger partial charge in [-0.2, -0.15) is 0 Å². The van der Waals surface area contributed by atoms with Crippen molar-refractivity contribution in [3.05, 3.63) is 59.2 Å². The zero-order valence-electron chi connectivity index (χ0n) is 16.2. The third kappa shape index (κ3) is 5.10. The first kappa shape index (κ1) is 20.8. The van der Waals surface area contributed by atoms with Gasteiger partial charge in [-0.05, 0) is 19.1 Å². The number of aromatic nitrogens is 2. The highest BCUT2D eigenvalue weighted by molar-refractivity contribution is 6.19. The molecule has 10 nitrogen and oxygen atoms in total. The zero-order valence-corrected chi connectivity index (χ0v) is 16.2. The summed E-state index contributed by atoms with van der Waals surface area (Å²) in [6, 6.07) is 7.44. The second-order valence-corrected chi connectivity index (χ2v) is 6.64. The van der Waals surface area contributed by atoms with Gasteiger partial charge in [0, 0.05) is 13.0 Å². The van der Waals surface area contributed by atoms with Crippen LogP contribution in [-0.2, 0) is 20.9 Å². The van der Waals surface area contributed by atoms with E-state index in [0.717, 1.165) is 5.56 Å². The molecule has 0 unspecified atom stereocenters. The van der Waals surface area contributed by atoms with Crippen molar-refractivity contribution in [3.63, 3.8) is 0 Å². The highest BCUT2D eigenvalue weighted by atomic mass is 16.5. The van der Waals surface area contributed by atoms with Gasteiger partial charge in [-0.25, -0.2) is 4.98 Å². The standard InChI is InChI=1S/C20H20N4O6/c1-12-2-4-14(5-3-12)30-16-9-21-13(8-22-16)11-24-7-6-15(25)18(20(24)29)19(28)23-10-17(26)27/h2-5,8-9,25H,6-7,10-11H2,1H3,(H,23,28)(H,26,27). The number of nitrogens with one attached hydrogen (secondary N) is 1. The molecule has 30 heavy (non-hydrogen) atoms. The van der Waals surface area contributed by atoms with E-state index in [4.69, 9.17) is 9.84 Å². The third-order valence-corrected chi connectivity index (χ3v) is 4.31. The van der Waals surface area contributed by atoms with E-state index in [1.54, 1.807) is 0 Å². The lowest BCUT2D eigenvalue weighted by molar-refractivity contribution is -0.138. The summed E-state index contributed by atoms with van der Waals surface area (Å²) in [5.41, 5.74) is 1.10. The van der Waals surface area contributed by atoms with Crippen molar-refractivity contribution >= 4 is 17.8 Å². The van der Waals surface area contributed by atoms with Gasteiger partial charge in [-0.15, -0.1) is 0 Å². The van der Waals surface area contributed by atoms with Crippen LogP contribution in [0.3, 0.4) is 0 Å². The quantitative estimate of drug-likeness (QED) is 0.578. The predicted octanol–water partition coefficient (Wildman–Crippen LogP) is 1.32. The number of nitrogens with zero attached hydrogens (tertiary/aromatic N) is 3. The Morgan fingerprint density at radius 2 is 1.93 bits per heavy atom. The van der Waals surface area contributed by atoms with Gasteiger partial charge in [0.25, 0.3) is 11.8 Å². The molecule has 1 aliphatic rings. The molecule has 3 N–H and O–H groups in total. The summed E-state index contributed by atoms with van der Waals surface area (Å²) >= 11 is 0. The molecule has 0 bridgehead atoms. The molecule has 156 valence electrons. The Labute approximate surface area is 171 Å². The van der Waals surface area contributed by atoms with E-state index in [9.17, 15) is 19.5 Å². The van der Waals surface area contributed by atoms with E-state index in [1.807, 2.05) is 31.2 Å². The minimum Gasteiger partial charge on any atom is -0.511 e. The van der Waals surface area contributed by atoms with Gasteiger partial charge >= 0.3 is 5.97 Å². The number of aliphatic carboxylic acids is 1. The van der Waals surface area contributed by atoms with Crippen LogP contribution in [0.1, 0.15) is 17.7 Å². The summed E-state index contributed by atoms with van der Waals surface area (Å²) in [4.78, 5) is 45.0. The third-order valence-electron chi connectivity index (χ3n) is 4.31. The lowest BCUT2D eigenvalue weighted by Gasteiger charge is -2.27. The van der Waals surface area contributed by atoms with Crippen LogP contribution in [0, 0.1) is 6.92 Å². The fourth-order valence-electron chi connectivity index (χ4n) is 2.77. The number of carbonyl (C=O) groups excluding carboxylic acids is 2. The summed E-state index contributed by atoms with van der Waals surface area (Å²) in [6.07, 6.45) is 2.96. The Morgan fingerprint density at radius 1 is 1.20 bits per heavy atom. The number of aryl methyl sites for hydroxylation is 1. The average Bonchev–Trinajstić information content (AvgIpc) is 2.72. The fourth-order valence-corrected chi connectivity index (χ4v) is 2.77. The smallest absolute Gasteiger partial charge is 0.322 e. The molecule has 3 rings (SSSR count). The number of carbonyl (C=O) groups is 3. The van der Waals surface area contributed by atoms with Crippen molar-refractivity contribution in [2.45, 2.75) is 19.9 Å². The molecule has 0 fully saturated rings. The van der Waals surface area contributed by atoms with Crippen LogP contribution in [0.5, 0.6) is 11.6 Å². The highest BCUT2D eigenvalue weighted by Gasteiger charge is 2.32. The lowest BCUT2D eigenvalue weighted by atomic mass is 10.1. The van der Waals surface area contributed by atoms with E-state index >= 15 is 0 Å². The van der Waals surface area contributed by atoms with Crippen LogP contribution in [0.25, 0.3) is 0 Å². The van der Waals surface area contributed by atoms with E-state index in [0.29, 0.717) is 17.3 Å². The number of ether oxygens (including phenoxy) is 1. The van der Waals surface area contributed by atoms with Crippen molar-refractivity contribution in [3.8, 4) is 11.6 Å². The normalized spacial score (nSPS) is 13.9. The molecule has 0 atom stereocenters. The summed E-state index contributed by atoms with van der Waals surface area (Å²) in [5, 5.41) is 20.7. The maximum atomic E-state index is 12.6. The summed E-state index contributed by atoms with van der Waals surface area (Å²) in [6.45, 7) is 1.57. The Balaban J connectivity index is 1.64.